The maximum atomic E-state index is 12.4. The number of nitro groups is 1. The number of hydrogen-bond acceptors (Lipinski definition) is 6. The number of hydrogen-bond donors (Lipinski definition) is 1. The van der Waals surface area contributed by atoms with Crippen molar-refractivity contribution < 1.29 is 19.2 Å². The van der Waals surface area contributed by atoms with Crippen molar-refractivity contribution in [1.82, 2.24) is 0 Å². The lowest BCUT2D eigenvalue weighted by Gasteiger charge is -2.17. The SMILES string of the molecule is CCc1cccc(C)c1NC(=O)COC(=O)c1ccc(N2CCCC2)c([N+](=O)[O-])c1. The van der Waals surface area contributed by atoms with Crippen LogP contribution in [0.3, 0.4) is 0 Å². The van der Waals surface area contributed by atoms with Crippen LogP contribution in [0.5, 0.6) is 0 Å². The summed E-state index contributed by atoms with van der Waals surface area (Å²) in [7, 11) is 0. The molecular formula is C22H25N3O5. The minimum absolute atomic E-state index is 0.0441. The first-order chi connectivity index (χ1) is 14.4. The van der Waals surface area contributed by atoms with Gasteiger partial charge in [0.1, 0.15) is 5.69 Å². The number of nitro benzene ring substituents is 1. The predicted molar refractivity (Wildman–Crippen MR) is 114 cm³/mol. The Morgan fingerprint density at radius 2 is 1.93 bits per heavy atom. The fraction of sp³-hybridized carbons (Fsp3) is 0.364. The second-order valence-corrected chi connectivity index (χ2v) is 7.24. The third-order valence-electron chi connectivity index (χ3n) is 5.19. The van der Waals surface area contributed by atoms with Gasteiger partial charge in [0, 0.05) is 24.8 Å². The van der Waals surface area contributed by atoms with Crippen molar-refractivity contribution in [2.24, 2.45) is 0 Å². The number of carbonyl (C=O) groups is 2. The van der Waals surface area contributed by atoms with Gasteiger partial charge >= 0.3 is 5.97 Å². The number of esters is 1. The van der Waals surface area contributed by atoms with Gasteiger partial charge in [-0.15, -0.1) is 0 Å². The number of nitrogens with one attached hydrogen (secondary N) is 1. The molecule has 0 unspecified atom stereocenters. The molecule has 1 aliphatic rings. The first-order valence-electron chi connectivity index (χ1n) is 9.99. The number of rotatable bonds is 7. The van der Waals surface area contributed by atoms with Crippen LogP contribution in [-0.2, 0) is 16.0 Å². The molecule has 1 heterocycles. The highest BCUT2D eigenvalue weighted by molar-refractivity contribution is 5.97. The predicted octanol–water partition coefficient (Wildman–Crippen LogP) is 3.86. The van der Waals surface area contributed by atoms with E-state index in [1.165, 1.54) is 12.1 Å². The van der Waals surface area contributed by atoms with Gasteiger partial charge < -0.3 is 15.0 Å². The summed E-state index contributed by atoms with van der Waals surface area (Å²) >= 11 is 0. The zero-order valence-corrected chi connectivity index (χ0v) is 17.1. The van der Waals surface area contributed by atoms with E-state index in [4.69, 9.17) is 4.74 Å². The first kappa shape index (κ1) is 21.3. The highest BCUT2D eigenvalue weighted by Crippen LogP contribution is 2.31. The summed E-state index contributed by atoms with van der Waals surface area (Å²) in [5.74, 6) is -1.24. The van der Waals surface area contributed by atoms with Crippen molar-refractivity contribution in [2.75, 3.05) is 29.9 Å². The second kappa shape index (κ2) is 9.39. The van der Waals surface area contributed by atoms with Crippen LogP contribution in [0.1, 0.15) is 41.3 Å². The zero-order valence-electron chi connectivity index (χ0n) is 17.1. The van der Waals surface area contributed by atoms with Gasteiger partial charge in [-0.25, -0.2) is 4.79 Å². The summed E-state index contributed by atoms with van der Waals surface area (Å²) in [6.07, 6.45) is 2.72. The molecule has 1 amide bonds. The molecule has 2 aromatic rings. The highest BCUT2D eigenvalue weighted by Gasteiger charge is 2.24. The Kier molecular flexibility index (Phi) is 6.66. The Morgan fingerprint density at radius 3 is 2.60 bits per heavy atom. The Bertz CT molecular complexity index is 967. The zero-order chi connectivity index (χ0) is 21.7. The maximum Gasteiger partial charge on any atom is 0.338 e. The molecule has 0 spiro atoms. The van der Waals surface area contributed by atoms with Crippen LogP contribution in [-0.4, -0.2) is 36.5 Å². The third kappa shape index (κ3) is 4.76. The molecule has 2 aromatic carbocycles. The van der Waals surface area contributed by atoms with Crippen LogP contribution < -0.4 is 10.2 Å². The molecule has 0 bridgehead atoms. The van der Waals surface area contributed by atoms with E-state index < -0.39 is 23.4 Å². The van der Waals surface area contributed by atoms with Crippen LogP contribution in [0.25, 0.3) is 0 Å². The number of para-hydroxylation sites is 1. The molecule has 3 rings (SSSR count). The van der Waals surface area contributed by atoms with Crippen molar-refractivity contribution in [1.29, 1.82) is 0 Å². The average molecular weight is 411 g/mol. The molecule has 0 atom stereocenters. The average Bonchev–Trinajstić information content (AvgIpc) is 3.27. The monoisotopic (exact) mass is 411 g/mol. The number of anilines is 2. The lowest BCUT2D eigenvalue weighted by atomic mass is 10.1. The topological polar surface area (TPSA) is 102 Å². The molecule has 1 saturated heterocycles. The van der Waals surface area contributed by atoms with Gasteiger partial charge in [0.05, 0.1) is 10.5 Å². The van der Waals surface area contributed by atoms with E-state index >= 15 is 0 Å². The van der Waals surface area contributed by atoms with Crippen molar-refractivity contribution in [3.8, 4) is 0 Å². The quantitative estimate of drug-likeness (QED) is 0.422. The van der Waals surface area contributed by atoms with Gasteiger partial charge in [0.25, 0.3) is 11.6 Å². The minimum atomic E-state index is -0.776. The van der Waals surface area contributed by atoms with Crippen LogP contribution in [0, 0.1) is 17.0 Å². The molecule has 0 saturated carbocycles. The number of benzene rings is 2. The summed E-state index contributed by atoms with van der Waals surface area (Å²) < 4.78 is 5.09. The lowest BCUT2D eigenvalue weighted by molar-refractivity contribution is -0.384. The second-order valence-electron chi connectivity index (χ2n) is 7.24. The maximum absolute atomic E-state index is 12.4. The van der Waals surface area contributed by atoms with E-state index in [1.54, 1.807) is 6.07 Å². The Labute approximate surface area is 175 Å². The molecule has 8 nitrogen and oxygen atoms in total. The molecule has 1 fully saturated rings. The van der Waals surface area contributed by atoms with Gasteiger partial charge in [0.15, 0.2) is 6.61 Å². The third-order valence-corrected chi connectivity index (χ3v) is 5.19. The normalized spacial score (nSPS) is 13.2. The molecule has 0 aromatic heterocycles. The summed E-state index contributed by atoms with van der Waals surface area (Å²) in [4.78, 5) is 37.5. The van der Waals surface area contributed by atoms with E-state index in [1.807, 2.05) is 36.9 Å². The fourth-order valence-electron chi connectivity index (χ4n) is 3.61. The number of aryl methyl sites for hydroxylation is 2. The molecule has 1 N–H and O–H groups in total. The smallest absolute Gasteiger partial charge is 0.338 e. The number of nitrogens with zero attached hydrogens (tertiary/aromatic N) is 2. The van der Waals surface area contributed by atoms with Gasteiger partial charge in [-0.1, -0.05) is 25.1 Å². The van der Waals surface area contributed by atoms with E-state index in [-0.39, 0.29) is 11.3 Å². The van der Waals surface area contributed by atoms with Crippen LogP contribution in [0.2, 0.25) is 0 Å². The largest absolute Gasteiger partial charge is 0.452 e. The van der Waals surface area contributed by atoms with Gasteiger partial charge in [-0.2, -0.15) is 0 Å². The highest BCUT2D eigenvalue weighted by atomic mass is 16.6. The molecule has 0 aliphatic carbocycles. The molecule has 0 radical (unpaired) electrons. The molecule has 30 heavy (non-hydrogen) atoms. The summed E-state index contributed by atoms with van der Waals surface area (Å²) in [5, 5.41) is 14.3. The van der Waals surface area contributed by atoms with Crippen molar-refractivity contribution in [2.45, 2.75) is 33.1 Å². The van der Waals surface area contributed by atoms with E-state index in [9.17, 15) is 19.7 Å². The summed E-state index contributed by atoms with van der Waals surface area (Å²) in [6, 6.07) is 10.0. The van der Waals surface area contributed by atoms with Gasteiger partial charge in [0.2, 0.25) is 0 Å². The van der Waals surface area contributed by atoms with E-state index in [0.717, 1.165) is 43.5 Å². The number of amides is 1. The molecule has 8 heteroatoms. The van der Waals surface area contributed by atoms with Crippen LogP contribution in [0.4, 0.5) is 17.1 Å². The van der Waals surface area contributed by atoms with E-state index in [2.05, 4.69) is 5.32 Å². The number of ether oxygens (including phenoxy) is 1. The fourth-order valence-corrected chi connectivity index (χ4v) is 3.61. The van der Waals surface area contributed by atoms with Crippen molar-refractivity contribution in [3.63, 3.8) is 0 Å². The lowest BCUT2D eigenvalue weighted by Crippen LogP contribution is -2.22. The number of carbonyl (C=O) groups excluding carboxylic acids is 2. The Balaban J connectivity index is 1.67. The Hall–Kier alpha value is -3.42. The summed E-state index contributed by atoms with van der Waals surface area (Å²) in [6.45, 7) is 4.91. The first-order valence-corrected chi connectivity index (χ1v) is 9.99. The minimum Gasteiger partial charge on any atom is -0.452 e. The van der Waals surface area contributed by atoms with Gasteiger partial charge in [-0.3, -0.25) is 14.9 Å². The molecule has 1 aliphatic heterocycles. The van der Waals surface area contributed by atoms with Crippen molar-refractivity contribution >= 4 is 28.9 Å². The Morgan fingerprint density at radius 1 is 1.20 bits per heavy atom. The van der Waals surface area contributed by atoms with Crippen LogP contribution in [0.15, 0.2) is 36.4 Å². The van der Waals surface area contributed by atoms with Crippen molar-refractivity contribution in [3.05, 3.63) is 63.2 Å². The molecule has 158 valence electrons. The molecular weight excluding hydrogens is 386 g/mol. The van der Waals surface area contributed by atoms with E-state index in [0.29, 0.717) is 11.4 Å². The standard InChI is InChI=1S/C22H25N3O5/c1-3-16-8-6-7-15(2)21(16)23-20(26)14-30-22(27)17-9-10-18(19(13-17)25(28)29)24-11-4-5-12-24/h6-10,13H,3-5,11-12,14H2,1-2H3,(H,23,26). The van der Waals surface area contributed by atoms with Crippen LogP contribution >= 0.6 is 0 Å². The van der Waals surface area contributed by atoms with Gasteiger partial charge in [-0.05, 0) is 49.4 Å². The summed E-state index contributed by atoms with van der Waals surface area (Å²) in [5.41, 5.74) is 3.03.